The second kappa shape index (κ2) is 6.43. The van der Waals surface area contributed by atoms with Crippen molar-refractivity contribution in [3.05, 3.63) is 18.5 Å². The number of hydrogen-bond acceptors (Lipinski definition) is 5. The van der Waals surface area contributed by atoms with Gasteiger partial charge in [0.1, 0.15) is 0 Å². The molecule has 6 heteroatoms. The van der Waals surface area contributed by atoms with Crippen LogP contribution in [-0.4, -0.2) is 45.7 Å². The molecule has 1 aliphatic heterocycles. The molecule has 6 nitrogen and oxygen atoms in total. The summed E-state index contributed by atoms with van der Waals surface area (Å²) in [6.45, 7) is 1.72. The Hall–Kier alpha value is -1.69. The molecule has 3 atom stereocenters. The molecule has 6 rings (SSSR count). The van der Waals surface area contributed by atoms with E-state index >= 15 is 0 Å². The number of amides is 1. The summed E-state index contributed by atoms with van der Waals surface area (Å²) in [6.07, 6.45) is 12.4. The number of aliphatic hydroxyl groups is 1. The van der Waals surface area contributed by atoms with Crippen molar-refractivity contribution in [3.63, 3.8) is 0 Å². The van der Waals surface area contributed by atoms with Crippen LogP contribution in [0.5, 0.6) is 0 Å². The summed E-state index contributed by atoms with van der Waals surface area (Å²) in [7, 11) is 0. The second-order valence-corrected chi connectivity index (χ2v) is 9.76. The van der Waals surface area contributed by atoms with Crippen LogP contribution in [0.4, 0.5) is 5.95 Å². The highest BCUT2D eigenvalue weighted by Crippen LogP contribution is 2.62. The molecular formula is C21H30N4O2. The zero-order valence-corrected chi connectivity index (χ0v) is 15.9. The highest BCUT2D eigenvalue weighted by molar-refractivity contribution is 5.77. The van der Waals surface area contributed by atoms with E-state index < -0.39 is 5.60 Å². The van der Waals surface area contributed by atoms with E-state index in [4.69, 9.17) is 0 Å². The number of carbonyl (C=O) groups is 1. The lowest BCUT2D eigenvalue weighted by Gasteiger charge is -2.60. The number of carbonyl (C=O) groups excluding carboxylic acids is 1. The molecule has 27 heavy (non-hydrogen) atoms. The SMILES string of the molecule is O=C(CC12C[C@H]3C[C@@H](CC(O)(C3)C1)C2)N[C@@H]1CCCN(c2ncccn2)C1. The van der Waals surface area contributed by atoms with Crippen LogP contribution in [0.3, 0.4) is 0 Å². The van der Waals surface area contributed by atoms with Crippen molar-refractivity contribution in [1.82, 2.24) is 15.3 Å². The summed E-state index contributed by atoms with van der Waals surface area (Å²) in [5, 5.41) is 14.2. The smallest absolute Gasteiger partial charge is 0.225 e. The zero-order chi connectivity index (χ0) is 18.5. The molecule has 4 bridgehead atoms. The first-order valence-corrected chi connectivity index (χ1v) is 10.5. The average molecular weight is 370 g/mol. The predicted molar refractivity (Wildman–Crippen MR) is 102 cm³/mol. The molecule has 5 fully saturated rings. The number of nitrogens with zero attached hydrogens (tertiary/aromatic N) is 3. The largest absolute Gasteiger partial charge is 0.390 e. The molecule has 1 saturated heterocycles. The summed E-state index contributed by atoms with van der Waals surface area (Å²) in [6, 6.07) is 1.98. The minimum atomic E-state index is -0.489. The Balaban J connectivity index is 1.21. The van der Waals surface area contributed by atoms with E-state index in [-0.39, 0.29) is 17.4 Å². The molecule has 5 aliphatic rings. The molecule has 0 radical (unpaired) electrons. The number of nitrogens with one attached hydrogen (secondary N) is 1. The molecule has 146 valence electrons. The van der Waals surface area contributed by atoms with Crippen LogP contribution in [0.15, 0.2) is 18.5 Å². The Morgan fingerprint density at radius 3 is 2.67 bits per heavy atom. The zero-order valence-electron chi connectivity index (χ0n) is 15.9. The van der Waals surface area contributed by atoms with Gasteiger partial charge in [0.15, 0.2) is 0 Å². The van der Waals surface area contributed by atoms with Crippen molar-refractivity contribution in [2.45, 2.75) is 69.4 Å². The van der Waals surface area contributed by atoms with Crippen LogP contribution in [-0.2, 0) is 4.79 Å². The van der Waals surface area contributed by atoms with Gasteiger partial charge in [-0.05, 0) is 74.7 Å². The quantitative estimate of drug-likeness (QED) is 0.850. The Labute approximate surface area is 160 Å². The van der Waals surface area contributed by atoms with Crippen molar-refractivity contribution in [3.8, 4) is 0 Å². The van der Waals surface area contributed by atoms with Crippen LogP contribution in [0.1, 0.15) is 57.8 Å². The summed E-state index contributed by atoms with van der Waals surface area (Å²) in [4.78, 5) is 23.8. The molecule has 1 amide bonds. The van der Waals surface area contributed by atoms with Crippen molar-refractivity contribution >= 4 is 11.9 Å². The van der Waals surface area contributed by atoms with E-state index in [1.807, 2.05) is 6.07 Å². The Bertz CT molecular complexity index is 695. The van der Waals surface area contributed by atoms with Gasteiger partial charge in [-0.1, -0.05) is 0 Å². The maximum Gasteiger partial charge on any atom is 0.225 e. The molecule has 2 N–H and O–H groups in total. The maximum absolute atomic E-state index is 12.9. The van der Waals surface area contributed by atoms with Gasteiger partial charge in [-0.15, -0.1) is 0 Å². The van der Waals surface area contributed by atoms with Crippen LogP contribution >= 0.6 is 0 Å². The average Bonchev–Trinajstić information content (AvgIpc) is 2.60. The Kier molecular flexibility index (Phi) is 4.15. The fourth-order valence-electron chi connectivity index (χ4n) is 6.96. The molecule has 4 saturated carbocycles. The predicted octanol–water partition coefficient (Wildman–Crippen LogP) is 2.28. The molecule has 0 spiro atoms. The first-order chi connectivity index (χ1) is 13.0. The molecule has 2 heterocycles. The van der Waals surface area contributed by atoms with Crippen LogP contribution in [0, 0.1) is 17.3 Å². The normalized spacial score (nSPS) is 40.2. The van der Waals surface area contributed by atoms with Gasteiger partial charge in [0, 0.05) is 37.9 Å². The molecule has 1 aromatic rings. The number of rotatable bonds is 4. The first-order valence-electron chi connectivity index (χ1n) is 10.5. The first kappa shape index (κ1) is 17.4. The van der Waals surface area contributed by atoms with Crippen molar-refractivity contribution in [1.29, 1.82) is 0 Å². The monoisotopic (exact) mass is 370 g/mol. The fraction of sp³-hybridized carbons (Fsp3) is 0.762. The third kappa shape index (κ3) is 3.44. The molecular weight excluding hydrogens is 340 g/mol. The van der Waals surface area contributed by atoms with Crippen molar-refractivity contribution in [2.75, 3.05) is 18.0 Å². The van der Waals surface area contributed by atoms with Gasteiger partial charge >= 0.3 is 0 Å². The Morgan fingerprint density at radius 1 is 1.22 bits per heavy atom. The summed E-state index contributed by atoms with van der Waals surface area (Å²) in [5.74, 6) is 2.18. The van der Waals surface area contributed by atoms with E-state index in [1.54, 1.807) is 12.4 Å². The van der Waals surface area contributed by atoms with E-state index in [1.165, 1.54) is 6.42 Å². The standard InChI is InChI=1S/C21H30N4O2/c26-18(12-20-8-15-7-16(9-20)11-21(27,10-15)14-20)24-17-3-1-6-25(13-17)19-22-4-2-5-23-19/h2,4-5,15-17,27H,1,3,6-14H2,(H,24,26)/t15-,16-,17-,20?,21?/m1/s1. The highest BCUT2D eigenvalue weighted by Gasteiger charge is 2.57. The lowest BCUT2D eigenvalue weighted by atomic mass is 9.47. The third-order valence-electron chi connectivity index (χ3n) is 7.31. The van der Waals surface area contributed by atoms with Gasteiger partial charge in [-0.25, -0.2) is 9.97 Å². The minimum Gasteiger partial charge on any atom is -0.390 e. The van der Waals surface area contributed by atoms with Crippen LogP contribution < -0.4 is 10.2 Å². The van der Waals surface area contributed by atoms with Gasteiger partial charge < -0.3 is 15.3 Å². The number of anilines is 1. The Morgan fingerprint density at radius 2 is 1.96 bits per heavy atom. The van der Waals surface area contributed by atoms with Gasteiger partial charge in [0.2, 0.25) is 11.9 Å². The summed E-state index contributed by atoms with van der Waals surface area (Å²) >= 11 is 0. The van der Waals surface area contributed by atoms with E-state index in [0.717, 1.165) is 64.0 Å². The summed E-state index contributed by atoms with van der Waals surface area (Å²) < 4.78 is 0. The summed E-state index contributed by atoms with van der Waals surface area (Å²) in [5.41, 5.74) is -0.448. The number of piperidine rings is 1. The van der Waals surface area contributed by atoms with Gasteiger partial charge in [0.05, 0.1) is 5.60 Å². The van der Waals surface area contributed by atoms with Gasteiger partial charge in [-0.2, -0.15) is 0 Å². The van der Waals surface area contributed by atoms with Crippen molar-refractivity contribution < 1.29 is 9.90 Å². The highest BCUT2D eigenvalue weighted by atomic mass is 16.3. The van der Waals surface area contributed by atoms with Gasteiger partial charge in [-0.3, -0.25) is 4.79 Å². The van der Waals surface area contributed by atoms with Crippen LogP contribution in [0.2, 0.25) is 0 Å². The minimum absolute atomic E-state index is 0.0415. The second-order valence-electron chi connectivity index (χ2n) is 9.76. The van der Waals surface area contributed by atoms with Crippen molar-refractivity contribution in [2.24, 2.45) is 17.3 Å². The molecule has 0 aromatic carbocycles. The maximum atomic E-state index is 12.9. The van der Waals surface area contributed by atoms with E-state index in [9.17, 15) is 9.90 Å². The number of hydrogen-bond donors (Lipinski definition) is 2. The van der Waals surface area contributed by atoms with Crippen LogP contribution in [0.25, 0.3) is 0 Å². The van der Waals surface area contributed by atoms with E-state index in [0.29, 0.717) is 18.3 Å². The lowest BCUT2D eigenvalue weighted by Crippen LogP contribution is -2.57. The molecule has 0 unspecified atom stereocenters. The number of aromatic nitrogens is 2. The third-order valence-corrected chi connectivity index (χ3v) is 7.31. The molecule has 1 aromatic heterocycles. The lowest BCUT2D eigenvalue weighted by molar-refractivity contribution is -0.169. The van der Waals surface area contributed by atoms with Gasteiger partial charge in [0.25, 0.3) is 0 Å². The van der Waals surface area contributed by atoms with E-state index in [2.05, 4.69) is 20.2 Å². The topological polar surface area (TPSA) is 78.4 Å². The molecule has 4 aliphatic carbocycles. The fourth-order valence-corrected chi connectivity index (χ4v) is 6.96.